The number of aromatic nitrogens is 2. The summed E-state index contributed by atoms with van der Waals surface area (Å²) in [6, 6.07) is -2.42. The van der Waals surface area contributed by atoms with E-state index in [1.165, 1.54) is 6.07 Å². The third kappa shape index (κ3) is 7.91. The fourth-order valence-electron chi connectivity index (χ4n) is 3.82. The predicted octanol–water partition coefficient (Wildman–Crippen LogP) is -6.44. The molecule has 1 aliphatic heterocycles. The van der Waals surface area contributed by atoms with Crippen molar-refractivity contribution >= 4 is 29.6 Å². The van der Waals surface area contributed by atoms with Crippen molar-refractivity contribution in [3.05, 3.63) is 22.7 Å². The predicted molar refractivity (Wildman–Crippen MR) is 126 cm³/mol. The van der Waals surface area contributed by atoms with Gasteiger partial charge >= 0.3 is 17.6 Å². The minimum absolute atomic E-state index is 0.125. The molecule has 0 bridgehead atoms. The number of nitrogens with two attached hydrogens (primary N) is 1. The number of carboxylic acid groups (broad SMARTS) is 2. The summed E-state index contributed by atoms with van der Waals surface area (Å²) in [6.07, 6.45) is -9.45. The van der Waals surface area contributed by atoms with Crippen LogP contribution in [0.3, 0.4) is 0 Å². The zero-order valence-electron chi connectivity index (χ0n) is 20.9. The first-order valence-corrected chi connectivity index (χ1v) is 11.6. The van der Waals surface area contributed by atoms with Gasteiger partial charge in [-0.1, -0.05) is 0 Å². The Morgan fingerprint density at radius 3 is 2.50 bits per heavy atom. The topological polar surface area (TPSA) is 320 Å². The third-order valence-corrected chi connectivity index (χ3v) is 5.79. The lowest BCUT2D eigenvalue weighted by molar-refractivity contribution is -0.307. The van der Waals surface area contributed by atoms with Gasteiger partial charge in [0, 0.05) is 12.6 Å². The fraction of sp³-hybridized carbons (Fsp3) is 0.619. The van der Waals surface area contributed by atoms with Gasteiger partial charge in [0.1, 0.15) is 42.9 Å². The van der Waals surface area contributed by atoms with Crippen LogP contribution in [0.25, 0.3) is 0 Å². The molecular formula is C21H30N5O14-. The van der Waals surface area contributed by atoms with Crippen LogP contribution in [0, 0.1) is 0 Å². The van der Waals surface area contributed by atoms with E-state index < -0.39 is 104 Å². The Kier molecular flexibility index (Phi) is 11.0. The minimum Gasteiger partial charge on any atom is -0.862 e. The van der Waals surface area contributed by atoms with E-state index in [1.54, 1.807) is 0 Å². The second kappa shape index (κ2) is 13.6. The summed E-state index contributed by atoms with van der Waals surface area (Å²) >= 11 is 0. The molecule has 1 saturated heterocycles. The molecule has 1 aliphatic rings. The van der Waals surface area contributed by atoms with Crippen LogP contribution in [0.4, 0.5) is 5.82 Å². The maximum atomic E-state index is 12.5. The van der Waals surface area contributed by atoms with Crippen molar-refractivity contribution in [2.45, 2.75) is 68.3 Å². The average Bonchev–Trinajstić information content (AvgIpc) is 2.87. The summed E-state index contributed by atoms with van der Waals surface area (Å²) in [7, 11) is 0. The quantitative estimate of drug-likeness (QED) is 0.0778. The Bertz CT molecular complexity index is 1160. The number of nitrogens with one attached hydrogen (secondary N) is 1. The Labute approximate surface area is 224 Å². The van der Waals surface area contributed by atoms with Crippen LogP contribution in [0.1, 0.15) is 13.3 Å². The van der Waals surface area contributed by atoms with Gasteiger partial charge in [-0.2, -0.15) is 4.98 Å². The lowest BCUT2D eigenvalue weighted by Crippen LogP contribution is -2.64. The highest BCUT2D eigenvalue weighted by molar-refractivity contribution is 5.85. The lowest BCUT2D eigenvalue weighted by atomic mass is 9.89. The van der Waals surface area contributed by atoms with Gasteiger partial charge in [0.25, 0.3) is 5.79 Å². The SMILES string of the molecule is CC([O-])=N[C@H]1[C@H]([C@H](O)[C@H](O)CO)O[C@](OCC(=O)N[C@@H](C(=O)O)[C@@H](O)Cn2ccc(N)nc2=O)(C(=O)O)C[C@@H]1O. The van der Waals surface area contributed by atoms with E-state index in [9.17, 15) is 54.9 Å². The van der Waals surface area contributed by atoms with Crippen molar-refractivity contribution in [1.29, 1.82) is 0 Å². The first-order valence-electron chi connectivity index (χ1n) is 11.6. The lowest BCUT2D eigenvalue weighted by Gasteiger charge is -2.45. The largest absolute Gasteiger partial charge is 0.862 e. The first kappa shape index (κ1) is 32.5. The average molecular weight is 576 g/mol. The Morgan fingerprint density at radius 1 is 1.32 bits per heavy atom. The molecule has 2 rings (SSSR count). The van der Waals surface area contributed by atoms with Crippen molar-refractivity contribution in [3.8, 4) is 0 Å². The fourth-order valence-corrected chi connectivity index (χ4v) is 3.82. The zero-order chi connectivity index (χ0) is 30.4. The molecule has 1 aromatic heterocycles. The number of nitrogens with zero attached hydrogens (tertiary/aromatic N) is 3. The number of rotatable bonds is 13. The summed E-state index contributed by atoms with van der Waals surface area (Å²) in [4.78, 5) is 55.1. The van der Waals surface area contributed by atoms with Crippen molar-refractivity contribution in [3.63, 3.8) is 0 Å². The molecule has 10 N–H and O–H groups in total. The van der Waals surface area contributed by atoms with Crippen molar-refractivity contribution in [2.24, 2.45) is 4.99 Å². The number of carbonyl (C=O) groups excluding carboxylic acids is 1. The number of aliphatic hydroxyl groups is 5. The van der Waals surface area contributed by atoms with Crippen molar-refractivity contribution in [1.82, 2.24) is 14.9 Å². The van der Waals surface area contributed by atoms with E-state index in [-0.39, 0.29) is 5.82 Å². The van der Waals surface area contributed by atoms with Crippen LogP contribution >= 0.6 is 0 Å². The van der Waals surface area contributed by atoms with Crippen LogP contribution in [0.5, 0.6) is 0 Å². The number of carbonyl (C=O) groups is 3. The smallest absolute Gasteiger partial charge is 0.364 e. The van der Waals surface area contributed by atoms with Gasteiger partial charge < -0.3 is 61.4 Å². The number of ether oxygens (including phenoxy) is 2. The summed E-state index contributed by atoms with van der Waals surface area (Å²) in [5.41, 5.74) is 4.46. The summed E-state index contributed by atoms with van der Waals surface area (Å²) in [5, 5.41) is 82.8. The number of nitrogen functional groups attached to an aromatic ring is 1. The van der Waals surface area contributed by atoms with Gasteiger partial charge in [0.15, 0.2) is 6.04 Å². The number of anilines is 1. The van der Waals surface area contributed by atoms with E-state index in [2.05, 4.69) is 9.98 Å². The molecule has 0 aliphatic carbocycles. The Balaban J connectivity index is 2.21. The van der Waals surface area contributed by atoms with E-state index in [0.717, 1.165) is 17.7 Å². The maximum Gasteiger partial charge on any atom is 0.364 e. The Morgan fingerprint density at radius 2 is 1.98 bits per heavy atom. The zero-order valence-corrected chi connectivity index (χ0v) is 20.9. The maximum absolute atomic E-state index is 12.5. The number of hydrogen-bond donors (Lipinski definition) is 9. The molecule has 8 atom stereocenters. The highest BCUT2D eigenvalue weighted by Crippen LogP contribution is 2.35. The standard InChI is InChI=1S/C21H31N5O14/c1-8(28)23-14-9(29)4-21(19(36)37,40-17(14)16(33)11(31)6-27)39-7-13(32)25-15(18(34)35)10(30)5-26-3-2-12(22)24-20(26)38/h2-3,9-11,14-17,27,29-31,33H,4-7H2,1H3,(H,23,28)(H,25,32)(H,34,35)(H,36,37)(H2,22,24,38)/p-1/t9-,10-,11+,14+,15+,16+,17+,21-/m0/s1. The molecule has 19 nitrogen and oxygen atoms in total. The summed E-state index contributed by atoms with van der Waals surface area (Å²) in [5.74, 6) is -8.77. The second-order valence-corrected chi connectivity index (χ2v) is 8.82. The van der Waals surface area contributed by atoms with E-state index in [0.29, 0.717) is 0 Å². The summed E-state index contributed by atoms with van der Waals surface area (Å²) in [6.45, 7) is -1.89. The van der Waals surface area contributed by atoms with Gasteiger partial charge in [0.05, 0.1) is 19.3 Å². The van der Waals surface area contributed by atoms with Crippen LogP contribution in [-0.2, 0) is 30.4 Å². The van der Waals surface area contributed by atoms with Crippen molar-refractivity contribution < 1.29 is 64.7 Å². The molecule has 224 valence electrons. The molecule has 1 amide bonds. The molecule has 0 aromatic carbocycles. The third-order valence-electron chi connectivity index (χ3n) is 5.79. The van der Waals surface area contributed by atoms with Gasteiger partial charge in [0.2, 0.25) is 5.91 Å². The number of aliphatic carboxylic acids is 2. The van der Waals surface area contributed by atoms with Gasteiger partial charge in [-0.15, -0.1) is 0 Å². The van der Waals surface area contributed by atoms with Crippen LogP contribution in [0.15, 0.2) is 22.1 Å². The molecule has 0 radical (unpaired) electrons. The number of aliphatic hydroxyl groups excluding tert-OH is 5. The van der Waals surface area contributed by atoms with Crippen LogP contribution in [-0.4, -0.2) is 131 Å². The van der Waals surface area contributed by atoms with Gasteiger partial charge in [-0.3, -0.25) is 14.4 Å². The molecule has 40 heavy (non-hydrogen) atoms. The molecule has 1 fully saturated rings. The summed E-state index contributed by atoms with van der Waals surface area (Å²) < 4.78 is 11.2. The van der Waals surface area contributed by atoms with E-state index in [1.807, 2.05) is 5.32 Å². The number of amides is 1. The molecule has 19 heteroatoms. The van der Waals surface area contributed by atoms with Crippen LogP contribution in [0.2, 0.25) is 0 Å². The second-order valence-electron chi connectivity index (χ2n) is 8.82. The highest BCUT2D eigenvalue weighted by atomic mass is 16.7. The minimum atomic E-state index is -2.87. The van der Waals surface area contributed by atoms with E-state index in [4.69, 9.17) is 20.3 Å². The number of hydrogen-bond acceptors (Lipinski definition) is 15. The van der Waals surface area contributed by atoms with E-state index >= 15 is 0 Å². The van der Waals surface area contributed by atoms with Crippen LogP contribution < -0.4 is 21.8 Å². The normalized spacial score (nSPS) is 26.4. The molecule has 0 unspecified atom stereocenters. The molecule has 1 aromatic rings. The highest BCUT2D eigenvalue weighted by Gasteiger charge is 2.55. The molecule has 2 heterocycles. The van der Waals surface area contributed by atoms with Crippen molar-refractivity contribution in [2.75, 3.05) is 18.9 Å². The molecule has 0 saturated carbocycles. The van der Waals surface area contributed by atoms with Gasteiger partial charge in [-0.05, 0) is 18.9 Å². The number of carboxylic acids is 2. The molecular weight excluding hydrogens is 546 g/mol. The number of aliphatic imine (C=N–C) groups is 1. The molecule has 0 spiro atoms. The first-order chi connectivity index (χ1) is 18.6. The monoisotopic (exact) mass is 576 g/mol. The van der Waals surface area contributed by atoms with Gasteiger partial charge in [-0.25, -0.2) is 14.4 Å². The Hall–Kier alpha value is -3.72.